The number of benzene rings is 1. The Hall–Kier alpha value is -4.75. The highest BCUT2D eigenvalue weighted by molar-refractivity contribution is 7.89. The molecule has 5 rings (SSSR count). The summed E-state index contributed by atoms with van der Waals surface area (Å²) in [5.41, 5.74) is 3.85. The predicted octanol–water partition coefficient (Wildman–Crippen LogP) is 3.98. The maximum atomic E-state index is 13.6. The lowest BCUT2D eigenvalue weighted by atomic mass is 10.0. The van der Waals surface area contributed by atoms with E-state index in [1.807, 2.05) is 36.8 Å². The second-order valence-electron chi connectivity index (χ2n) is 10.1. The second kappa shape index (κ2) is 11.5. The number of halogens is 1. The first-order valence-corrected chi connectivity index (χ1v) is 15.3. The molecule has 4 heterocycles. The molecule has 1 aromatic carbocycles. The Kier molecular flexibility index (Phi) is 7.95. The van der Waals surface area contributed by atoms with Gasteiger partial charge in [-0.2, -0.15) is 0 Å². The summed E-state index contributed by atoms with van der Waals surface area (Å²) in [6, 6.07) is 9.84. The lowest BCUT2D eigenvalue weighted by Crippen LogP contribution is -2.31. The van der Waals surface area contributed by atoms with Gasteiger partial charge in [-0.25, -0.2) is 33.1 Å². The number of sulfonamides is 1. The first-order valence-electron chi connectivity index (χ1n) is 13.0. The maximum Gasteiger partial charge on any atom is 0.285 e. The molecule has 1 atom stereocenters. The fraction of sp³-hybridized carbons (Fsp3) is 0.207. The van der Waals surface area contributed by atoms with E-state index in [1.54, 1.807) is 38.6 Å². The van der Waals surface area contributed by atoms with Crippen molar-refractivity contribution in [2.75, 3.05) is 11.6 Å². The van der Waals surface area contributed by atoms with Crippen LogP contribution in [0.3, 0.4) is 0 Å². The van der Waals surface area contributed by atoms with E-state index in [9.17, 15) is 18.0 Å². The normalized spacial score (nSPS) is 12.2. The highest BCUT2D eigenvalue weighted by Crippen LogP contribution is 2.30. The van der Waals surface area contributed by atoms with Crippen molar-refractivity contribution in [3.8, 4) is 22.6 Å². The molecule has 0 fully saturated rings. The van der Waals surface area contributed by atoms with E-state index in [1.165, 1.54) is 16.7 Å². The molecular formula is C29H27ClN8O4S. The standard InChI is InChI=1S/C29H27ClN8O4S/c1-15-10-20(16(2)34-23-8-9-24(30)35-26(23)28(39)37-43(5,41)42)25-21(11-15)29(40)38(4)27(36-25)18-6-7-22(33-12-18)19-13-31-17(3)32-14-19/h6-14,16,34H,1-5H3,(H,37,39)/t16-/m1/s1. The zero-order valence-corrected chi connectivity index (χ0v) is 25.4. The minimum atomic E-state index is -3.85. The Morgan fingerprint density at radius 2 is 1.67 bits per heavy atom. The zero-order chi connectivity index (χ0) is 31.1. The summed E-state index contributed by atoms with van der Waals surface area (Å²) in [6.07, 6.45) is 5.91. The third-order valence-electron chi connectivity index (χ3n) is 6.65. The third-order valence-corrected chi connectivity index (χ3v) is 7.41. The van der Waals surface area contributed by atoms with Crippen LogP contribution in [0, 0.1) is 13.8 Å². The molecule has 14 heteroatoms. The molecule has 5 aromatic rings. The number of nitrogens with zero attached hydrogens (tertiary/aromatic N) is 6. The van der Waals surface area contributed by atoms with Gasteiger partial charge in [0.15, 0.2) is 5.69 Å². The number of nitrogens with one attached hydrogen (secondary N) is 2. The number of pyridine rings is 2. The van der Waals surface area contributed by atoms with E-state index < -0.39 is 22.0 Å². The first-order chi connectivity index (χ1) is 20.3. The van der Waals surface area contributed by atoms with Crippen molar-refractivity contribution in [1.29, 1.82) is 0 Å². The number of carbonyl (C=O) groups excluding carboxylic acids is 1. The molecule has 43 heavy (non-hydrogen) atoms. The molecule has 0 aliphatic carbocycles. The van der Waals surface area contributed by atoms with Gasteiger partial charge in [-0.3, -0.25) is 19.1 Å². The summed E-state index contributed by atoms with van der Waals surface area (Å²) >= 11 is 6.02. The van der Waals surface area contributed by atoms with Gasteiger partial charge in [0.1, 0.15) is 16.8 Å². The number of rotatable bonds is 7. The molecular weight excluding hydrogens is 592 g/mol. The van der Waals surface area contributed by atoms with Crippen LogP contribution in [-0.4, -0.2) is 50.1 Å². The molecule has 0 radical (unpaired) electrons. The van der Waals surface area contributed by atoms with Crippen LogP contribution in [0.25, 0.3) is 33.5 Å². The highest BCUT2D eigenvalue weighted by Gasteiger charge is 2.22. The summed E-state index contributed by atoms with van der Waals surface area (Å²) in [7, 11) is -2.19. The van der Waals surface area contributed by atoms with E-state index in [0.29, 0.717) is 39.4 Å². The molecule has 2 N–H and O–H groups in total. The van der Waals surface area contributed by atoms with Gasteiger partial charge in [-0.05, 0) is 56.7 Å². The largest absolute Gasteiger partial charge is 0.377 e. The van der Waals surface area contributed by atoms with Crippen LogP contribution in [0.1, 0.15) is 40.4 Å². The summed E-state index contributed by atoms with van der Waals surface area (Å²) in [5.74, 6) is 0.137. The smallest absolute Gasteiger partial charge is 0.285 e. The van der Waals surface area contributed by atoms with Crippen molar-refractivity contribution >= 4 is 44.1 Å². The number of carbonyl (C=O) groups is 1. The van der Waals surface area contributed by atoms with Crippen LogP contribution in [0.4, 0.5) is 5.69 Å². The van der Waals surface area contributed by atoms with Gasteiger partial charge < -0.3 is 5.32 Å². The lowest BCUT2D eigenvalue weighted by Gasteiger charge is -2.20. The summed E-state index contributed by atoms with van der Waals surface area (Å²) in [4.78, 5) is 48.2. The van der Waals surface area contributed by atoms with Crippen molar-refractivity contribution in [3.63, 3.8) is 0 Å². The highest BCUT2D eigenvalue weighted by atomic mass is 35.5. The van der Waals surface area contributed by atoms with Crippen LogP contribution in [0.2, 0.25) is 5.15 Å². The second-order valence-corrected chi connectivity index (χ2v) is 12.2. The van der Waals surface area contributed by atoms with Crippen LogP contribution in [0.15, 0.2) is 59.8 Å². The predicted molar refractivity (Wildman–Crippen MR) is 164 cm³/mol. The van der Waals surface area contributed by atoms with Gasteiger partial charge >= 0.3 is 0 Å². The van der Waals surface area contributed by atoms with E-state index >= 15 is 0 Å². The van der Waals surface area contributed by atoms with Crippen molar-refractivity contribution in [1.82, 2.24) is 34.2 Å². The molecule has 0 aliphatic rings. The minimum Gasteiger partial charge on any atom is -0.377 e. The molecule has 1 amide bonds. The van der Waals surface area contributed by atoms with Crippen LogP contribution in [0.5, 0.6) is 0 Å². The molecule has 12 nitrogen and oxygen atoms in total. The van der Waals surface area contributed by atoms with Crippen LogP contribution in [-0.2, 0) is 17.1 Å². The number of fused-ring (bicyclic) bond motifs is 1. The number of anilines is 1. The van der Waals surface area contributed by atoms with Crippen molar-refractivity contribution < 1.29 is 13.2 Å². The number of amides is 1. The van der Waals surface area contributed by atoms with Gasteiger partial charge in [-0.15, -0.1) is 0 Å². The first kappa shape index (κ1) is 29.7. The van der Waals surface area contributed by atoms with Gasteiger partial charge in [-0.1, -0.05) is 17.7 Å². The Bertz CT molecular complexity index is 2050. The van der Waals surface area contributed by atoms with Crippen LogP contribution < -0.4 is 15.6 Å². The molecule has 0 unspecified atom stereocenters. The SMILES string of the molecule is Cc1cc([C@@H](C)Nc2ccc(Cl)nc2C(=O)NS(C)(=O)=O)c2nc(-c3ccc(-c4cnc(C)nc4)nc3)n(C)c(=O)c2c1. The maximum absolute atomic E-state index is 13.6. The van der Waals surface area contributed by atoms with Crippen molar-refractivity contribution in [2.24, 2.45) is 7.05 Å². The van der Waals surface area contributed by atoms with E-state index in [0.717, 1.165) is 17.4 Å². The van der Waals surface area contributed by atoms with Crippen LogP contribution >= 0.6 is 11.6 Å². The minimum absolute atomic E-state index is 0.0159. The number of aromatic nitrogens is 6. The van der Waals surface area contributed by atoms with E-state index in [2.05, 4.69) is 25.3 Å². The van der Waals surface area contributed by atoms with Gasteiger partial charge in [0.05, 0.1) is 34.6 Å². The molecule has 0 aliphatic heterocycles. The summed E-state index contributed by atoms with van der Waals surface area (Å²) in [6.45, 7) is 5.51. The molecule has 4 aromatic heterocycles. The van der Waals surface area contributed by atoms with E-state index in [-0.39, 0.29) is 22.1 Å². The van der Waals surface area contributed by atoms with Gasteiger partial charge in [0.2, 0.25) is 10.0 Å². The van der Waals surface area contributed by atoms with Crippen molar-refractivity contribution in [3.05, 3.63) is 93.1 Å². The number of hydrogen-bond donors (Lipinski definition) is 2. The Morgan fingerprint density at radius 3 is 2.33 bits per heavy atom. The van der Waals surface area contributed by atoms with Gasteiger partial charge in [0.25, 0.3) is 11.5 Å². The molecule has 0 spiro atoms. The summed E-state index contributed by atoms with van der Waals surface area (Å²) < 4.78 is 26.8. The molecule has 0 bridgehead atoms. The lowest BCUT2D eigenvalue weighted by molar-refractivity contribution is 0.0977. The fourth-order valence-corrected chi connectivity index (χ4v) is 5.20. The Morgan fingerprint density at radius 1 is 0.977 bits per heavy atom. The quantitative estimate of drug-likeness (QED) is 0.255. The molecule has 0 saturated heterocycles. The number of hydrogen-bond acceptors (Lipinski definition) is 10. The van der Waals surface area contributed by atoms with E-state index in [4.69, 9.17) is 16.6 Å². The Labute approximate surface area is 252 Å². The van der Waals surface area contributed by atoms with Gasteiger partial charge in [0, 0.05) is 42.3 Å². The Balaban J connectivity index is 1.57. The number of aryl methyl sites for hydroxylation is 2. The fourth-order valence-electron chi connectivity index (χ4n) is 4.62. The van der Waals surface area contributed by atoms with Crippen molar-refractivity contribution in [2.45, 2.75) is 26.8 Å². The zero-order valence-electron chi connectivity index (χ0n) is 23.9. The topological polar surface area (TPSA) is 162 Å². The monoisotopic (exact) mass is 618 g/mol. The average Bonchev–Trinajstić information content (AvgIpc) is 2.95. The summed E-state index contributed by atoms with van der Waals surface area (Å²) in [5, 5.41) is 3.65. The third kappa shape index (κ3) is 6.37. The molecule has 0 saturated carbocycles. The average molecular weight is 619 g/mol. The molecule has 220 valence electrons.